The van der Waals surface area contributed by atoms with E-state index in [0.29, 0.717) is 5.58 Å². The molecule has 1 aliphatic heterocycles. The van der Waals surface area contributed by atoms with Gasteiger partial charge in [-0.2, -0.15) is 0 Å². The Kier molecular flexibility index (Phi) is 4.96. The third-order valence-electron chi connectivity index (χ3n) is 4.55. The highest BCUT2D eigenvalue weighted by Crippen LogP contribution is 2.36. The highest BCUT2D eigenvalue weighted by Gasteiger charge is 2.22. The first-order chi connectivity index (χ1) is 12.5. The van der Waals surface area contributed by atoms with E-state index in [1.54, 1.807) is 17.4 Å². The Labute approximate surface area is 167 Å². The van der Waals surface area contributed by atoms with Gasteiger partial charge < -0.3 is 14.4 Å². The largest absolute Gasteiger partial charge is 0.475 e. The second-order valence-corrected chi connectivity index (χ2v) is 8.79. The van der Waals surface area contributed by atoms with Gasteiger partial charge in [0.2, 0.25) is 5.76 Å². The molecule has 1 aromatic carbocycles. The second kappa shape index (κ2) is 7.23. The second-order valence-electron chi connectivity index (χ2n) is 6.20. The van der Waals surface area contributed by atoms with Crippen LogP contribution >= 0.6 is 38.9 Å². The van der Waals surface area contributed by atoms with Gasteiger partial charge >= 0.3 is 5.97 Å². The predicted octanol–water partition coefficient (Wildman–Crippen LogP) is 4.93. The van der Waals surface area contributed by atoms with Crippen LogP contribution in [-0.2, 0) is 6.54 Å². The molecule has 3 heterocycles. The van der Waals surface area contributed by atoms with E-state index in [-0.39, 0.29) is 5.76 Å². The van der Waals surface area contributed by atoms with Crippen LogP contribution in [0.1, 0.15) is 15.4 Å². The third kappa shape index (κ3) is 3.49. The fraction of sp³-hybridized carbons (Fsp3) is 0.278. The summed E-state index contributed by atoms with van der Waals surface area (Å²) >= 11 is 11.3. The number of hydrogen-bond donors (Lipinski definition) is 1. The van der Waals surface area contributed by atoms with Crippen LogP contribution in [0, 0.1) is 0 Å². The lowest BCUT2D eigenvalue weighted by Gasteiger charge is -2.36. The SMILES string of the molecule is O=C(O)c1cc2c(Br)c(N3CCN(Cc4ccc(Cl)s4)CC3)ccc2o1. The monoisotopic (exact) mass is 454 g/mol. The number of aromatic carboxylic acids is 1. The zero-order chi connectivity index (χ0) is 18.3. The molecular weight excluding hydrogens is 440 g/mol. The highest BCUT2D eigenvalue weighted by atomic mass is 79.9. The average Bonchev–Trinajstić information content (AvgIpc) is 3.23. The van der Waals surface area contributed by atoms with E-state index in [2.05, 4.69) is 31.8 Å². The molecule has 3 aromatic rings. The zero-order valence-corrected chi connectivity index (χ0v) is 16.9. The molecule has 136 valence electrons. The highest BCUT2D eigenvalue weighted by molar-refractivity contribution is 9.10. The molecule has 1 fully saturated rings. The van der Waals surface area contributed by atoms with Gasteiger partial charge in [-0.1, -0.05) is 11.6 Å². The van der Waals surface area contributed by atoms with E-state index in [9.17, 15) is 4.79 Å². The third-order valence-corrected chi connectivity index (χ3v) is 6.60. The van der Waals surface area contributed by atoms with Crippen molar-refractivity contribution in [3.63, 3.8) is 0 Å². The Morgan fingerprint density at radius 1 is 1.23 bits per heavy atom. The van der Waals surface area contributed by atoms with Gasteiger partial charge in [0.05, 0.1) is 14.5 Å². The molecule has 5 nitrogen and oxygen atoms in total. The minimum atomic E-state index is -1.06. The number of piperazine rings is 1. The summed E-state index contributed by atoms with van der Waals surface area (Å²) in [6.07, 6.45) is 0. The Bertz CT molecular complexity index is 963. The number of hydrogen-bond acceptors (Lipinski definition) is 5. The number of halogens is 2. The van der Waals surface area contributed by atoms with Gasteiger partial charge in [-0.15, -0.1) is 11.3 Å². The molecule has 0 aliphatic carbocycles. The van der Waals surface area contributed by atoms with Crippen LogP contribution in [0.2, 0.25) is 4.34 Å². The predicted molar refractivity (Wildman–Crippen MR) is 108 cm³/mol. The molecule has 0 spiro atoms. The maximum atomic E-state index is 11.1. The Morgan fingerprint density at radius 3 is 2.65 bits per heavy atom. The van der Waals surface area contributed by atoms with E-state index in [0.717, 1.165) is 52.6 Å². The summed E-state index contributed by atoms with van der Waals surface area (Å²) in [6, 6.07) is 9.42. The molecule has 0 amide bonds. The molecular formula is C18H16BrClN2O3S. The summed E-state index contributed by atoms with van der Waals surface area (Å²) in [7, 11) is 0. The minimum absolute atomic E-state index is 0.0442. The number of fused-ring (bicyclic) bond motifs is 1. The van der Waals surface area contributed by atoms with Crippen molar-refractivity contribution in [3.8, 4) is 0 Å². The number of carboxylic acids is 1. The van der Waals surface area contributed by atoms with Crippen LogP contribution < -0.4 is 4.90 Å². The van der Waals surface area contributed by atoms with Gasteiger partial charge in [0.1, 0.15) is 5.58 Å². The number of rotatable bonds is 4. The molecule has 0 unspecified atom stereocenters. The molecule has 0 bridgehead atoms. The van der Waals surface area contributed by atoms with E-state index in [4.69, 9.17) is 21.1 Å². The number of furan rings is 1. The maximum absolute atomic E-state index is 11.1. The number of thiophene rings is 1. The van der Waals surface area contributed by atoms with Crippen LogP contribution in [0.5, 0.6) is 0 Å². The van der Waals surface area contributed by atoms with Gasteiger partial charge in [0.15, 0.2) is 0 Å². The van der Waals surface area contributed by atoms with Crippen molar-refractivity contribution in [1.82, 2.24) is 4.90 Å². The summed E-state index contributed by atoms with van der Waals surface area (Å²) in [4.78, 5) is 17.1. The van der Waals surface area contributed by atoms with Crippen molar-refractivity contribution in [2.24, 2.45) is 0 Å². The van der Waals surface area contributed by atoms with Crippen molar-refractivity contribution in [2.75, 3.05) is 31.1 Å². The molecule has 1 aliphatic rings. The van der Waals surface area contributed by atoms with Gasteiger partial charge in [0, 0.05) is 49.1 Å². The molecule has 2 aromatic heterocycles. The van der Waals surface area contributed by atoms with Crippen molar-refractivity contribution < 1.29 is 14.3 Å². The van der Waals surface area contributed by atoms with Crippen LogP contribution in [0.25, 0.3) is 11.0 Å². The lowest BCUT2D eigenvalue weighted by atomic mass is 10.2. The molecule has 0 saturated carbocycles. The summed E-state index contributed by atoms with van der Waals surface area (Å²) in [6.45, 7) is 4.67. The summed E-state index contributed by atoms with van der Waals surface area (Å²) in [5, 5.41) is 9.90. The van der Waals surface area contributed by atoms with Crippen molar-refractivity contribution in [2.45, 2.75) is 6.54 Å². The zero-order valence-electron chi connectivity index (χ0n) is 13.7. The Hall–Kier alpha value is -1.54. The topological polar surface area (TPSA) is 56.9 Å². The van der Waals surface area contributed by atoms with E-state index >= 15 is 0 Å². The Morgan fingerprint density at radius 2 is 2.00 bits per heavy atom. The van der Waals surface area contributed by atoms with Crippen molar-refractivity contribution in [3.05, 3.63) is 49.8 Å². The minimum Gasteiger partial charge on any atom is -0.475 e. The lowest BCUT2D eigenvalue weighted by Crippen LogP contribution is -2.46. The van der Waals surface area contributed by atoms with Gasteiger partial charge in [-0.05, 0) is 40.2 Å². The van der Waals surface area contributed by atoms with Crippen LogP contribution in [0.4, 0.5) is 5.69 Å². The molecule has 1 N–H and O–H groups in total. The average molecular weight is 456 g/mol. The van der Waals surface area contributed by atoms with Gasteiger partial charge in [-0.25, -0.2) is 4.79 Å². The molecule has 8 heteroatoms. The smallest absolute Gasteiger partial charge is 0.371 e. The number of carbonyl (C=O) groups is 1. The van der Waals surface area contributed by atoms with E-state index in [1.165, 1.54) is 4.88 Å². The maximum Gasteiger partial charge on any atom is 0.371 e. The molecule has 1 saturated heterocycles. The first-order valence-corrected chi connectivity index (χ1v) is 10.2. The van der Waals surface area contributed by atoms with Crippen LogP contribution in [-0.4, -0.2) is 42.2 Å². The first kappa shape index (κ1) is 17.9. The first-order valence-electron chi connectivity index (χ1n) is 8.18. The summed E-state index contributed by atoms with van der Waals surface area (Å²) in [5.41, 5.74) is 1.64. The normalized spacial score (nSPS) is 15.7. The quantitative estimate of drug-likeness (QED) is 0.604. The molecule has 0 atom stereocenters. The summed E-state index contributed by atoms with van der Waals surface area (Å²) < 4.78 is 7.08. The van der Waals surface area contributed by atoms with Crippen LogP contribution in [0.3, 0.4) is 0 Å². The number of nitrogens with zero attached hydrogens (tertiary/aromatic N) is 2. The lowest BCUT2D eigenvalue weighted by molar-refractivity contribution is 0.0665. The van der Waals surface area contributed by atoms with Crippen molar-refractivity contribution in [1.29, 1.82) is 0 Å². The fourth-order valence-electron chi connectivity index (χ4n) is 3.22. The number of anilines is 1. The van der Waals surface area contributed by atoms with Gasteiger partial charge in [-0.3, -0.25) is 4.90 Å². The molecule has 26 heavy (non-hydrogen) atoms. The fourth-order valence-corrected chi connectivity index (χ4v) is 5.04. The van der Waals surface area contributed by atoms with E-state index < -0.39 is 5.97 Å². The molecule has 4 rings (SSSR count). The number of carboxylic acid groups (broad SMARTS) is 1. The Balaban J connectivity index is 1.48. The summed E-state index contributed by atoms with van der Waals surface area (Å²) in [5.74, 6) is -1.10. The van der Waals surface area contributed by atoms with E-state index in [1.807, 2.05) is 18.2 Å². The number of benzene rings is 1. The van der Waals surface area contributed by atoms with Crippen molar-refractivity contribution >= 4 is 61.5 Å². The molecule has 0 radical (unpaired) electrons. The standard InChI is InChI=1S/C18H16BrClN2O3S/c19-17-12-9-15(18(23)24)25-14(12)3-2-13(17)22-7-5-21(6-8-22)10-11-1-4-16(20)26-11/h1-4,9H,5-8,10H2,(H,23,24). The van der Waals surface area contributed by atoms with Gasteiger partial charge in [0.25, 0.3) is 0 Å². The van der Waals surface area contributed by atoms with Crippen LogP contribution in [0.15, 0.2) is 39.2 Å².